The molecule has 1 atom stereocenters. The van der Waals surface area contributed by atoms with E-state index in [4.69, 9.17) is 5.11 Å². The molecule has 6 nitrogen and oxygen atoms in total. The molecule has 1 fully saturated rings. The molecule has 1 heterocycles. The average Bonchev–Trinajstić information content (AvgIpc) is 2.86. The van der Waals surface area contributed by atoms with Crippen LogP contribution in [0.3, 0.4) is 0 Å². The third-order valence-corrected chi connectivity index (χ3v) is 5.28. The number of hydrogen-bond acceptors (Lipinski definition) is 3. The van der Waals surface area contributed by atoms with Crippen LogP contribution in [0.25, 0.3) is 0 Å². The van der Waals surface area contributed by atoms with Gasteiger partial charge in [-0.1, -0.05) is 31.2 Å². The fourth-order valence-electron chi connectivity index (χ4n) is 3.76. The van der Waals surface area contributed by atoms with Crippen LogP contribution in [0.2, 0.25) is 0 Å². The van der Waals surface area contributed by atoms with Crippen molar-refractivity contribution >= 4 is 12.0 Å². The van der Waals surface area contributed by atoms with Crippen molar-refractivity contribution in [2.75, 3.05) is 13.1 Å². The summed E-state index contributed by atoms with van der Waals surface area (Å²) >= 11 is 0. The molecule has 1 saturated carbocycles. The number of carbonyl (C=O) groups is 2. The number of carbonyl (C=O) groups excluding carboxylic acids is 1. The molecule has 0 spiro atoms. The number of rotatable bonds is 5. The Bertz CT molecular complexity index is 628. The molecule has 3 rings (SSSR count). The Morgan fingerprint density at radius 3 is 2.67 bits per heavy atom. The SMILES string of the molecule is CCN(CC(=O)O)C1CC(NC(=O)N2Cc3ccccc3C2C)C1. The molecule has 24 heavy (non-hydrogen) atoms. The highest BCUT2D eigenvalue weighted by molar-refractivity contribution is 5.76. The van der Waals surface area contributed by atoms with Gasteiger partial charge in [0.1, 0.15) is 0 Å². The first-order valence-corrected chi connectivity index (χ1v) is 8.60. The molecule has 0 bridgehead atoms. The second kappa shape index (κ2) is 6.81. The van der Waals surface area contributed by atoms with Crippen molar-refractivity contribution in [2.45, 2.75) is 51.4 Å². The van der Waals surface area contributed by atoms with Crippen LogP contribution in [0.1, 0.15) is 43.9 Å². The Hall–Kier alpha value is -2.08. The second-order valence-corrected chi connectivity index (χ2v) is 6.73. The summed E-state index contributed by atoms with van der Waals surface area (Å²) in [4.78, 5) is 27.3. The lowest BCUT2D eigenvalue weighted by molar-refractivity contribution is -0.139. The monoisotopic (exact) mass is 331 g/mol. The topological polar surface area (TPSA) is 72.9 Å². The highest BCUT2D eigenvalue weighted by atomic mass is 16.4. The standard InChI is InChI=1S/C18H25N3O3/c1-3-20(11-17(22)23)15-8-14(9-15)19-18(24)21-10-13-6-4-5-7-16(13)12(21)2/h4-7,12,14-15H,3,8-11H2,1-2H3,(H,19,24)(H,22,23). The van der Waals surface area contributed by atoms with Crippen LogP contribution in [0.4, 0.5) is 4.79 Å². The minimum absolute atomic E-state index is 0.0246. The minimum Gasteiger partial charge on any atom is -0.480 e. The Morgan fingerprint density at radius 2 is 2.04 bits per heavy atom. The Kier molecular flexibility index (Phi) is 4.76. The maximum Gasteiger partial charge on any atom is 0.318 e. The molecule has 2 aliphatic rings. The summed E-state index contributed by atoms with van der Waals surface area (Å²) < 4.78 is 0. The van der Waals surface area contributed by atoms with Crippen molar-refractivity contribution in [3.63, 3.8) is 0 Å². The number of carboxylic acid groups (broad SMARTS) is 1. The summed E-state index contributed by atoms with van der Waals surface area (Å²) in [7, 11) is 0. The summed E-state index contributed by atoms with van der Waals surface area (Å²) in [5.41, 5.74) is 2.43. The van der Waals surface area contributed by atoms with E-state index >= 15 is 0 Å². The highest BCUT2D eigenvalue weighted by Crippen LogP contribution is 2.33. The molecule has 1 aliphatic carbocycles. The van der Waals surface area contributed by atoms with Crippen molar-refractivity contribution in [3.05, 3.63) is 35.4 Å². The van der Waals surface area contributed by atoms with E-state index in [1.807, 2.05) is 28.9 Å². The van der Waals surface area contributed by atoms with Crippen molar-refractivity contribution in [2.24, 2.45) is 0 Å². The van der Waals surface area contributed by atoms with Gasteiger partial charge >= 0.3 is 12.0 Å². The lowest BCUT2D eigenvalue weighted by atomic mass is 9.85. The second-order valence-electron chi connectivity index (χ2n) is 6.73. The first-order valence-electron chi connectivity index (χ1n) is 8.60. The number of carboxylic acids is 1. The van der Waals surface area contributed by atoms with Gasteiger partial charge in [-0.2, -0.15) is 0 Å². The van der Waals surface area contributed by atoms with Gasteiger partial charge in [-0.15, -0.1) is 0 Å². The van der Waals surface area contributed by atoms with E-state index in [1.54, 1.807) is 0 Å². The molecule has 2 amide bonds. The van der Waals surface area contributed by atoms with Gasteiger partial charge < -0.3 is 15.3 Å². The van der Waals surface area contributed by atoms with E-state index in [1.165, 1.54) is 11.1 Å². The molecular formula is C18H25N3O3. The maximum atomic E-state index is 12.6. The van der Waals surface area contributed by atoms with Crippen LogP contribution in [0, 0.1) is 0 Å². The third-order valence-electron chi connectivity index (χ3n) is 5.28. The average molecular weight is 331 g/mol. The van der Waals surface area contributed by atoms with Crippen molar-refractivity contribution < 1.29 is 14.7 Å². The number of fused-ring (bicyclic) bond motifs is 1. The van der Waals surface area contributed by atoms with Gasteiger partial charge in [0.2, 0.25) is 0 Å². The zero-order valence-electron chi connectivity index (χ0n) is 14.2. The summed E-state index contributed by atoms with van der Waals surface area (Å²) in [5, 5.41) is 12.0. The fraction of sp³-hybridized carbons (Fsp3) is 0.556. The molecule has 1 aromatic rings. The number of benzene rings is 1. The van der Waals surface area contributed by atoms with Gasteiger partial charge in [0.15, 0.2) is 0 Å². The lowest BCUT2D eigenvalue weighted by Gasteiger charge is -2.42. The van der Waals surface area contributed by atoms with Crippen LogP contribution in [-0.2, 0) is 11.3 Å². The fourth-order valence-corrected chi connectivity index (χ4v) is 3.76. The quantitative estimate of drug-likeness (QED) is 0.868. The zero-order valence-corrected chi connectivity index (χ0v) is 14.2. The van der Waals surface area contributed by atoms with E-state index in [0.29, 0.717) is 6.54 Å². The number of aliphatic carboxylic acids is 1. The van der Waals surface area contributed by atoms with Gasteiger partial charge in [-0.05, 0) is 37.4 Å². The number of amides is 2. The summed E-state index contributed by atoms with van der Waals surface area (Å²) in [6, 6.07) is 8.63. The predicted molar refractivity (Wildman–Crippen MR) is 90.6 cm³/mol. The molecular weight excluding hydrogens is 306 g/mol. The third kappa shape index (κ3) is 3.24. The molecule has 0 aromatic heterocycles. The van der Waals surface area contributed by atoms with Gasteiger partial charge in [0.05, 0.1) is 12.6 Å². The lowest BCUT2D eigenvalue weighted by Crippen LogP contribution is -2.56. The summed E-state index contributed by atoms with van der Waals surface area (Å²) in [5.74, 6) is -0.798. The van der Waals surface area contributed by atoms with Crippen molar-refractivity contribution in [3.8, 4) is 0 Å². The number of nitrogens with one attached hydrogen (secondary N) is 1. The van der Waals surface area contributed by atoms with E-state index in [-0.39, 0.29) is 30.7 Å². The maximum absolute atomic E-state index is 12.6. The number of nitrogens with zero attached hydrogens (tertiary/aromatic N) is 2. The Morgan fingerprint density at radius 1 is 1.33 bits per heavy atom. The molecule has 6 heteroatoms. The number of hydrogen-bond donors (Lipinski definition) is 2. The van der Waals surface area contributed by atoms with Gasteiger partial charge in [0, 0.05) is 18.6 Å². The van der Waals surface area contributed by atoms with E-state index < -0.39 is 5.97 Å². The van der Waals surface area contributed by atoms with Crippen molar-refractivity contribution in [1.82, 2.24) is 15.1 Å². The van der Waals surface area contributed by atoms with Crippen LogP contribution in [-0.4, -0.2) is 52.1 Å². The van der Waals surface area contributed by atoms with E-state index in [0.717, 1.165) is 19.4 Å². The van der Waals surface area contributed by atoms with E-state index in [2.05, 4.69) is 24.4 Å². The van der Waals surface area contributed by atoms with Gasteiger partial charge in [-0.3, -0.25) is 9.69 Å². The normalized spacial score (nSPS) is 25.3. The van der Waals surface area contributed by atoms with Crippen LogP contribution in [0.5, 0.6) is 0 Å². The smallest absolute Gasteiger partial charge is 0.318 e. The molecule has 0 radical (unpaired) electrons. The first kappa shape index (κ1) is 16.8. The number of urea groups is 1. The van der Waals surface area contributed by atoms with Crippen molar-refractivity contribution in [1.29, 1.82) is 0 Å². The molecule has 1 aliphatic heterocycles. The molecule has 2 N–H and O–H groups in total. The Balaban J connectivity index is 1.50. The van der Waals surface area contributed by atoms with Gasteiger partial charge in [-0.25, -0.2) is 4.79 Å². The van der Waals surface area contributed by atoms with Crippen LogP contribution >= 0.6 is 0 Å². The van der Waals surface area contributed by atoms with Crippen LogP contribution in [0.15, 0.2) is 24.3 Å². The van der Waals surface area contributed by atoms with E-state index in [9.17, 15) is 9.59 Å². The summed E-state index contributed by atoms with van der Waals surface area (Å²) in [6.45, 7) is 5.47. The largest absolute Gasteiger partial charge is 0.480 e. The first-order chi connectivity index (χ1) is 11.5. The molecule has 1 unspecified atom stereocenters. The van der Waals surface area contributed by atoms with Gasteiger partial charge in [0.25, 0.3) is 0 Å². The Labute approximate surface area is 142 Å². The van der Waals surface area contributed by atoms with Crippen LogP contribution < -0.4 is 5.32 Å². The summed E-state index contributed by atoms with van der Waals surface area (Å²) in [6.07, 6.45) is 1.64. The minimum atomic E-state index is -0.798. The molecule has 1 aromatic carbocycles. The highest BCUT2D eigenvalue weighted by Gasteiger charge is 2.37. The zero-order chi connectivity index (χ0) is 17.3. The number of likely N-dealkylation sites (N-methyl/N-ethyl adjacent to an activating group) is 1. The molecule has 130 valence electrons. The predicted octanol–water partition coefficient (Wildman–Crippen LogP) is 2.21. The molecule has 0 saturated heterocycles.